The number of halogens is 1. The number of carbonyl (C=O) groups excluding carboxylic acids is 1. The summed E-state index contributed by atoms with van der Waals surface area (Å²) in [7, 11) is 0. The van der Waals surface area contributed by atoms with Gasteiger partial charge in [0.25, 0.3) is 11.6 Å². The molecular weight excluding hydrogens is 344 g/mol. The van der Waals surface area contributed by atoms with Gasteiger partial charge in [0.05, 0.1) is 9.95 Å². The molecule has 0 spiro atoms. The highest BCUT2D eigenvalue weighted by molar-refractivity contribution is 6.32. The van der Waals surface area contributed by atoms with Crippen LogP contribution in [0.15, 0.2) is 48.5 Å². The molecular formula is C18H19ClN2O4. The standard InChI is InChI=1S/C18H19ClN2O4/c1-13(7-8-14-5-3-2-4-6-14)20-18(22)12-25-17-10-9-15(21(23)24)11-16(17)19/h2-6,9-11,13H,7-8,12H2,1H3,(H,20,22). The second-order valence-corrected chi connectivity index (χ2v) is 6.06. The molecule has 0 radical (unpaired) electrons. The van der Waals surface area contributed by atoms with E-state index in [1.54, 1.807) is 0 Å². The van der Waals surface area contributed by atoms with Gasteiger partial charge in [0, 0.05) is 18.2 Å². The molecule has 0 bridgehead atoms. The number of non-ortho nitro benzene ring substituents is 1. The number of aryl methyl sites for hydroxylation is 1. The number of carbonyl (C=O) groups is 1. The van der Waals surface area contributed by atoms with E-state index in [-0.39, 0.29) is 35.0 Å². The molecule has 7 heteroatoms. The monoisotopic (exact) mass is 362 g/mol. The fourth-order valence-electron chi connectivity index (χ4n) is 2.28. The molecule has 1 atom stereocenters. The minimum atomic E-state index is -0.545. The normalized spacial score (nSPS) is 11.6. The first-order valence-corrected chi connectivity index (χ1v) is 8.23. The molecule has 132 valence electrons. The van der Waals surface area contributed by atoms with E-state index in [4.69, 9.17) is 16.3 Å². The summed E-state index contributed by atoms with van der Waals surface area (Å²) in [6, 6.07) is 13.9. The third kappa shape index (κ3) is 6.08. The van der Waals surface area contributed by atoms with Gasteiger partial charge < -0.3 is 10.1 Å². The SMILES string of the molecule is CC(CCc1ccccc1)NC(=O)COc1ccc([N+](=O)[O-])cc1Cl. The fourth-order valence-corrected chi connectivity index (χ4v) is 2.51. The van der Waals surface area contributed by atoms with Gasteiger partial charge in [-0.1, -0.05) is 41.9 Å². The summed E-state index contributed by atoms with van der Waals surface area (Å²) in [5.74, 6) is -0.0330. The van der Waals surface area contributed by atoms with Crippen LogP contribution in [0.4, 0.5) is 5.69 Å². The van der Waals surface area contributed by atoms with E-state index in [1.807, 2.05) is 37.3 Å². The number of nitro groups is 1. The van der Waals surface area contributed by atoms with Crippen LogP contribution in [-0.2, 0) is 11.2 Å². The lowest BCUT2D eigenvalue weighted by Crippen LogP contribution is -2.36. The average molecular weight is 363 g/mol. The molecule has 0 aliphatic rings. The number of hydrogen-bond acceptors (Lipinski definition) is 4. The highest BCUT2D eigenvalue weighted by Crippen LogP contribution is 2.28. The third-order valence-corrected chi connectivity index (χ3v) is 3.90. The number of rotatable bonds is 8. The van der Waals surface area contributed by atoms with Crippen molar-refractivity contribution < 1.29 is 14.5 Å². The molecule has 2 aromatic rings. The van der Waals surface area contributed by atoms with E-state index in [1.165, 1.54) is 23.8 Å². The zero-order valence-electron chi connectivity index (χ0n) is 13.8. The Hall–Kier alpha value is -2.60. The van der Waals surface area contributed by atoms with Gasteiger partial charge in [0.2, 0.25) is 0 Å². The lowest BCUT2D eigenvalue weighted by molar-refractivity contribution is -0.384. The first kappa shape index (κ1) is 18.7. The molecule has 0 aromatic heterocycles. The number of benzene rings is 2. The zero-order chi connectivity index (χ0) is 18.2. The van der Waals surface area contributed by atoms with Crippen molar-refractivity contribution in [1.82, 2.24) is 5.32 Å². The molecule has 25 heavy (non-hydrogen) atoms. The van der Waals surface area contributed by atoms with E-state index >= 15 is 0 Å². The Bertz CT molecular complexity index is 737. The molecule has 6 nitrogen and oxygen atoms in total. The summed E-state index contributed by atoms with van der Waals surface area (Å²) in [4.78, 5) is 22.1. The van der Waals surface area contributed by atoms with Crippen molar-refractivity contribution in [3.63, 3.8) is 0 Å². The molecule has 0 saturated carbocycles. The van der Waals surface area contributed by atoms with E-state index < -0.39 is 4.92 Å². The van der Waals surface area contributed by atoms with Crippen molar-refractivity contribution in [3.05, 3.63) is 69.2 Å². The molecule has 1 amide bonds. The second kappa shape index (κ2) is 9.03. The van der Waals surface area contributed by atoms with E-state index in [0.717, 1.165) is 12.8 Å². The molecule has 0 heterocycles. The van der Waals surface area contributed by atoms with E-state index in [2.05, 4.69) is 5.32 Å². The second-order valence-electron chi connectivity index (χ2n) is 5.65. The molecule has 2 aromatic carbocycles. The smallest absolute Gasteiger partial charge is 0.271 e. The maximum Gasteiger partial charge on any atom is 0.271 e. The van der Waals surface area contributed by atoms with Crippen molar-refractivity contribution in [2.24, 2.45) is 0 Å². The molecule has 0 aliphatic heterocycles. The Kier molecular flexibility index (Phi) is 6.77. The minimum Gasteiger partial charge on any atom is -0.482 e. The maximum atomic E-state index is 11.9. The number of hydrogen-bond donors (Lipinski definition) is 1. The Labute approximate surface area is 150 Å². The summed E-state index contributed by atoms with van der Waals surface area (Å²) in [5, 5.41) is 13.6. The van der Waals surface area contributed by atoms with Gasteiger partial charge in [-0.15, -0.1) is 0 Å². The zero-order valence-corrected chi connectivity index (χ0v) is 14.5. The number of amides is 1. The van der Waals surface area contributed by atoms with Crippen LogP contribution in [0.5, 0.6) is 5.75 Å². The van der Waals surface area contributed by atoms with Gasteiger partial charge in [0.15, 0.2) is 6.61 Å². The maximum absolute atomic E-state index is 11.9. The number of nitrogens with zero attached hydrogens (tertiary/aromatic N) is 1. The van der Waals surface area contributed by atoms with Gasteiger partial charge in [0.1, 0.15) is 5.75 Å². The van der Waals surface area contributed by atoms with Crippen molar-refractivity contribution >= 4 is 23.2 Å². The van der Waals surface area contributed by atoms with Crippen LogP contribution in [0, 0.1) is 10.1 Å². The van der Waals surface area contributed by atoms with E-state index in [9.17, 15) is 14.9 Å². The number of nitrogens with one attached hydrogen (secondary N) is 1. The molecule has 2 rings (SSSR count). The average Bonchev–Trinajstić information content (AvgIpc) is 2.59. The number of ether oxygens (including phenoxy) is 1. The Morgan fingerprint density at radius 1 is 1.28 bits per heavy atom. The topological polar surface area (TPSA) is 81.5 Å². The first-order valence-electron chi connectivity index (χ1n) is 7.85. The summed E-state index contributed by atoms with van der Waals surface area (Å²) >= 11 is 5.92. The summed E-state index contributed by atoms with van der Waals surface area (Å²) in [6.45, 7) is 1.73. The molecule has 1 unspecified atom stereocenters. The van der Waals surface area contributed by atoms with Gasteiger partial charge in [-0.25, -0.2) is 0 Å². The molecule has 1 N–H and O–H groups in total. The largest absolute Gasteiger partial charge is 0.482 e. The van der Waals surface area contributed by atoms with Gasteiger partial charge >= 0.3 is 0 Å². The summed E-state index contributed by atoms with van der Waals surface area (Å²) in [5.41, 5.74) is 1.09. The van der Waals surface area contributed by atoms with Crippen LogP contribution in [0.3, 0.4) is 0 Å². The van der Waals surface area contributed by atoms with E-state index in [0.29, 0.717) is 0 Å². The highest BCUT2D eigenvalue weighted by Gasteiger charge is 2.13. The quantitative estimate of drug-likeness (QED) is 0.572. The fraction of sp³-hybridized carbons (Fsp3) is 0.278. The van der Waals surface area contributed by atoms with Crippen LogP contribution in [0.2, 0.25) is 5.02 Å². The van der Waals surface area contributed by atoms with Crippen LogP contribution < -0.4 is 10.1 Å². The third-order valence-electron chi connectivity index (χ3n) is 3.60. The molecule has 0 aliphatic carbocycles. The summed E-state index contributed by atoms with van der Waals surface area (Å²) in [6.07, 6.45) is 1.69. The highest BCUT2D eigenvalue weighted by atomic mass is 35.5. The predicted octanol–water partition coefficient (Wildman–Crippen LogP) is 3.76. The minimum absolute atomic E-state index is 0.00337. The van der Waals surface area contributed by atoms with Gasteiger partial charge in [-0.3, -0.25) is 14.9 Å². The van der Waals surface area contributed by atoms with Crippen LogP contribution in [0.25, 0.3) is 0 Å². The summed E-state index contributed by atoms with van der Waals surface area (Å²) < 4.78 is 5.33. The first-order chi connectivity index (χ1) is 12.0. The Morgan fingerprint density at radius 3 is 2.64 bits per heavy atom. The van der Waals surface area contributed by atoms with Crippen LogP contribution >= 0.6 is 11.6 Å². The van der Waals surface area contributed by atoms with Gasteiger partial charge in [-0.05, 0) is 31.4 Å². The van der Waals surface area contributed by atoms with Crippen molar-refractivity contribution in [3.8, 4) is 5.75 Å². The van der Waals surface area contributed by atoms with Crippen LogP contribution in [-0.4, -0.2) is 23.5 Å². The Morgan fingerprint density at radius 2 is 2.00 bits per heavy atom. The number of nitro benzene ring substituents is 1. The van der Waals surface area contributed by atoms with Crippen LogP contribution in [0.1, 0.15) is 18.9 Å². The van der Waals surface area contributed by atoms with Crippen molar-refractivity contribution in [2.75, 3.05) is 6.61 Å². The Balaban J connectivity index is 1.77. The molecule has 0 saturated heterocycles. The van der Waals surface area contributed by atoms with Gasteiger partial charge in [-0.2, -0.15) is 0 Å². The van der Waals surface area contributed by atoms with Crippen molar-refractivity contribution in [2.45, 2.75) is 25.8 Å². The predicted molar refractivity (Wildman–Crippen MR) is 96.0 cm³/mol. The lowest BCUT2D eigenvalue weighted by atomic mass is 10.1. The molecule has 0 fully saturated rings. The van der Waals surface area contributed by atoms with Crippen molar-refractivity contribution in [1.29, 1.82) is 0 Å². The lowest BCUT2D eigenvalue weighted by Gasteiger charge is -2.14.